The normalized spacial score (nSPS) is 26.5. The Balaban J connectivity index is 1.60. The zero-order chi connectivity index (χ0) is 14.9. The number of hydrogen-bond acceptors (Lipinski definition) is 3. The Morgan fingerprint density at radius 2 is 2.10 bits per heavy atom. The Hall–Kier alpha value is -0.420. The highest BCUT2D eigenvalue weighted by Gasteiger charge is 2.45. The molecular weight excluding hydrogens is 330 g/mol. The summed E-state index contributed by atoms with van der Waals surface area (Å²) in [5.41, 5.74) is 0.327. The van der Waals surface area contributed by atoms with Gasteiger partial charge in [-0.05, 0) is 49.8 Å². The van der Waals surface area contributed by atoms with Gasteiger partial charge in [0, 0.05) is 17.1 Å². The lowest BCUT2D eigenvalue weighted by Gasteiger charge is -2.37. The average Bonchev–Trinajstić information content (AvgIpc) is 2.90. The number of hydrogen-bond donors (Lipinski definition) is 2. The summed E-state index contributed by atoms with van der Waals surface area (Å²) in [5, 5.41) is 14.4. The van der Waals surface area contributed by atoms with E-state index in [9.17, 15) is 5.11 Å². The van der Waals surface area contributed by atoms with Crippen molar-refractivity contribution in [1.82, 2.24) is 5.32 Å². The molecule has 1 aliphatic carbocycles. The van der Waals surface area contributed by atoms with Crippen LogP contribution in [0.15, 0.2) is 28.7 Å². The molecule has 1 saturated heterocycles. The van der Waals surface area contributed by atoms with E-state index >= 15 is 0 Å². The zero-order valence-electron chi connectivity index (χ0n) is 12.6. The second kappa shape index (κ2) is 5.99. The maximum atomic E-state index is 10.9. The van der Waals surface area contributed by atoms with Crippen LogP contribution in [0.3, 0.4) is 0 Å². The highest BCUT2D eigenvalue weighted by Crippen LogP contribution is 2.43. The van der Waals surface area contributed by atoms with E-state index in [0.717, 1.165) is 23.1 Å². The van der Waals surface area contributed by atoms with Crippen LogP contribution in [0.1, 0.15) is 44.6 Å². The molecule has 3 rings (SSSR count). The van der Waals surface area contributed by atoms with E-state index < -0.39 is 5.60 Å². The second-order valence-electron chi connectivity index (χ2n) is 6.52. The van der Waals surface area contributed by atoms with Gasteiger partial charge in [-0.1, -0.05) is 35.0 Å². The molecule has 0 amide bonds. The molecule has 2 unspecified atom stereocenters. The van der Waals surface area contributed by atoms with E-state index in [4.69, 9.17) is 4.74 Å². The van der Waals surface area contributed by atoms with Crippen molar-refractivity contribution in [2.24, 2.45) is 0 Å². The Morgan fingerprint density at radius 3 is 2.62 bits per heavy atom. The number of aliphatic hydroxyl groups is 1. The van der Waals surface area contributed by atoms with Crippen molar-refractivity contribution in [3.8, 4) is 0 Å². The smallest absolute Gasteiger partial charge is 0.102 e. The molecule has 2 aliphatic rings. The summed E-state index contributed by atoms with van der Waals surface area (Å²) >= 11 is 3.44. The van der Waals surface area contributed by atoms with Crippen LogP contribution in [-0.4, -0.2) is 29.9 Å². The molecule has 1 aromatic rings. The van der Waals surface area contributed by atoms with Crippen molar-refractivity contribution in [3.63, 3.8) is 0 Å². The van der Waals surface area contributed by atoms with Crippen molar-refractivity contribution >= 4 is 15.9 Å². The summed E-state index contributed by atoms with van der Waals surface area (Å²) in [7, 11) is 0. The van der Waals surface area contributed by atoms with E-state index in [2.05, 4.69) is 21.2 Å². The van der Waals surface area contributed by atoms with Crippen LogP contribution in [0.25, 0.3) is 0 Å². The second-order valence-corrected chi connectivity index (χ2v) is 7.44. The maximum Gasteiger partial charge on any atom is 0.102 e. The third-order valence-electron chi connectivity index (χ3n) is 5.12. The predicted octanol–water partition coefficient (Wildman–Crippen LogP) is 3.35. The molecular formula is C17H24BrNO2. The lowest BCUT2D eigenvalue weighted by Crippen LogP contribution is -2.43. The van der Waals surface area contributed by atoms with Crippen LogP contribution in [0.2, 0.25) is 0 Å². The molecule has 1 aromatic carbocycles. The van der Waals surface area contributed by atoms with Gasteiger partial charge >= 0.3 is 0 Å². The molecule has 2 N–H and O–H groups in total. The van der Waals surface area contributed by atoms with Crippen LogP contribution < -0.4 is 5.32 Å². The summed E-state index contributed by atoms with van der Waals surface area (Å²) in [6, 6.07) is 8.33. The number of benzene rings is 1. The molecule has 0 aromatic heterocycles. The zero-order valence-corrected chi connectivity index (χ0v) is 14.2. The summed E-state index contributed by atoms with van der Waals surface area (Å²) < 4.78 is 6.99. The van der Waals surface area contributed by atoms with Crippen molar-refractivity contribution in [3.05, 3.63) is 34.3 Å². The molecule has 116 valence electrons. The Morgan fingerprint density at radius 1 is 1.38 bits per heavy atom. The molecule has 2 fully saturated rings. The van der Waals surface area contributed by atoms with Crippen molar-refractivity contribution < 1.29 is 9.84 Å². The standard InChI is InChI=1S/C17H24BrNO2/c1-2-17(20,13-4-6-14(18)7-5-13)12-19-15-10-16(21-11-15)8-3-9-16/h4-7,15,19-20H,2-3,8-12H2,1H3. The summed E-state index contributed by atoms with van der Waals surface area (Å²) in [5.74, 6) is 0. The minimum Gasteiger partial charge on any atom is -0.384 e. The molecule has 4 heteroatoms. The average molecular weight is 354 g/mol. The van der Waals surface area contributed by atoms with Gasteiger partial charge in [0.2, 0.25) is 0 Å². The van der Waals surface area contributed by atoms with Gasteiger partial charge in [0.05, 0.1) is 12.2 Å². The fourth-order valence-corrected chi connectivity index (χ4v) is 3.66. The quantitative estimate of drug-likeness (QED) is 0.852. The molecule has 0 bridgehead atoms. The SMILES string of the molecule is CCC(O)(CNC1COC2(CCC2)C1)c1ccc(Br)cc1. The minimum absolute atomic E-state index is 0.166. The molecule has 1 heterocycles. The highest BCUT2D eigenvalue weighted by molar-refractivity contribution is 9.10. The largest absolute Gasteiger partial charge is 0.384 e. The lowest BCUT2D eigenvalue weighted by molar-refractivity contribution is -0.0563. The molecule has 21 heavy (non-hydrogen) atoms. The topological polar surface area (TPSA) is 41.5 Å². The first kappa shape index (κ1) is 15.5. The number of ether oxygens (including phenoxy) is 1. The van der Waals surface area contributed by atoms with Gasteiger partial charge in [-0.25, -0.2) is 0 Å². The van der Waals surface area contributed by atoms with Gasteiger partial charge in [-0.2, -0.15) is 0 Å². The first-order valence-corrected chi connectivity index (χ1v) is 8.70. The molecule has 1 saturated carbocycles. The van der Waals surface area contributed by atoms with E-state index in [0.29, 0.717) is 19.0 Å². The van der Waals surface area contributed by atoms with Crippen molar-refractivity contribution in [2.45, 2.75) is 56.3 Å². The van der Waals surface area contributed by atoms with E-state index in [-0.39, 0.29) is 5.60 Å². The van der Waals surface area contributed by atoms with Crippen LogP contribution in [0, 0.1) is 0 Å². The third-order valence-corrected chi connectivity index (χ3v) is 5.65. The first-order valence-electron chi connectivity index (χ1n) is 7.91. The number of nitrogens with one attached hydrogen (secondary N) is 1. The van der Waals surface area contributed by atoms with Gasteiger partial charge in [-0.15, -0.1) is 0 Å². The lowest BCUT2D eigenvalue weighted by atomic mass is 9.77. The molecule has 2 atom stereocenters. The Labute approximate surface area is 135 Å². The first-order chi connectivity index (χ1) is 10.1. The third kappa shape index (κ3) is 3.19. The monoisotopic (exact) mass is 353 g/mol. The number of halogens is 1. The maximum absolute atomic E-state index is 10.9. The van der Waals surface area contributed by atoms with Gasteiger partial charge in [0.1, 0.15) is 5.60 Å². The molecule has 1 aliphatic heterocycles. The van der Waals surface area contributed by atoms with E-state index in [1.807, 2.05) is 31.2 Å². The molecule has 3 nitrogen and oxygen atoms in total. The highest BCUT2D eigenvalue weighted by atomic mass is 79.9. The fraction of sp³-hybridized carbons (Fsp3) is 0.647. The van der Waals surface area contributed by atoms with E-state index in [1.54, 1.807) is 0 Å². The van der Waals surface area contributed by atoms with Crippen LogP contribution in [0.4, 0.5) is 0 Å². The van der Waals surface area contributed by atoms with Gasteiger partial charge in [-0.3, -0.25) is 0 Å². The Kier molecular flexibility index (Phi) is 4.42. The predicted molar refractivity (Wildman–Crippen MR) is 87.3 cm³/mol. The van der Waals surface area contributed by atoms with E-state index in [1.165, 1.54) is 19.3 Å². The van der Waals surface area contributed by atoms with Crippen molar-refractivity contribution in [2.75, 3.05) is 13.2 Å². The van der Waals surface area contributed by atoms with Crippen LogP contribution >= 0.6 is 15.9 Å². The van der Waals surface area contributed by atoms with Crippen molar-refractivity contribution in [1.29, 1.82) is 0 Å². The molecule has 1 spiro atoms. The van der Waals surface area contributed by atoms with Gasteiger partial charge < -0.3 is 15.2 Å². The minimum atomic E-state index is -0.809. The van der Waals surface area contributed by atoms with Gasteiger partial charge in [0.25, 0.3) is 0 Å². The van der Waals surface area contributed by atoms with Gasteiger partial charge in [0.15, 0.2) is 0 Å². The fourth-order valence-electron chi connectivity index (χ4n) is 3.40. The summed E-state index contributed by atoms with van der Waals surface area (Å²) in [6.45, 7) is 3.39. The number of rotatable bonds is 5. The van der Waals surface area contributed by atoms with Crippen LogP contribution in [0.5, 0.6) is 0 Å². The molecule has 0 radical (unpaired) electrons. The summed E-state index contributed by atoms with van der Waals surface area (Å²) in [4.78, 5) is 0. The Bertz CT molecular complexity index is 486. The van der Waals surface area contributed by atoms with Crippen LogP contribution in [-0.2, 0) is 10.3 Å². The summed E-state index contributed by atoms with van der Waals surface area (Å²) in [6.07, 6.45) is 5.49.